The van der Waals surface area contributed by atoms with Crippen LogP contribution in [-0.2, 0) is 77.0 Å². The van der Waals surface area contributed by atoms with Crippen molar-refractivity contribution >= 4 is 0 Å². The maximum absolute atomic E-state index is 2.31. The number of benzene rings is 6. The highest BCUT2D eigenvalue weighted by Crippen LogP contribution is 2.16. The summed E-state index contributed by atoms with van der Waals surface area (Å²) >= 11 is 0. The fourth-order valence-electron chi connectivity index (χ4n) is 8.15. The fourth-order valence-corrected chi connectivity index (χ4v) is 8.15. The highest BCUT2D eigenvalue weighted by molar-refractivity contribution is 5.35. The normalized spacial score (nSPS) is 10.0. The Morgan fingerprint density at radius 3 is 1.14 bits per heavy atom. The van der Waals surface area contributed by atoms with Crippen LogP contribution in [0.5, 0.6) is 0 Å². The molecule has 0 aromatic heterocycles. The van der Waals surface area contributed by atoms with E-state index in [1.165, 1.54) is 94.6 Å². The summed E-state index contributed by atoms with van der Waals surface area (Å²) in [6.45, 7) is 37.3. The molecule has 0 heteroatoms. The monoisotopic (exact) mass is 875 g/mol. The Hall–Kier alpha value is -4.68. The molecule has 0 saturated carbocycles. The lowest BCUT2D eigenvalue weighted by Crippen LogP contribution is -1.93. The van der Waals surface area contributed by atoms with Gasteiger partial charge in [0.1, 0.15) is 0 Å². The predicted molar refractivity (Wildman–Crippen MR) is 295 cm³/mol. The summed E-state index contributed by atoms with van der Waals surface area (Å²) in [7, 11) is 0. The van der Waals surface area contributed by atoms with Gasteiger partial charge in [-0.1, -0.05) is 209 Å². The third-order valence-corrected chi connectivity index (χ3v) is 12.6. The average Bonchev–Trinajstić information content (AvgIpc) is 3.34. The van der Waals surface area contributed by atoms with E-state index in [2.05, 4.69) is 233 Å². The smallest absolute Gasteiger partial charge is 0.0302 e. The SMILES string of the molecule is CCc1cc(C)cc(CC)c1.CCc1ccc(C)c(CC)c1.CCc1ccc(C)cc1CC.CCc1ccc(CC)c(C)c1.CCc1cccc(C)c1CC.CCc1cccc(CC)c1. The van der Waals surface area contributed by atoms with Crippen molar-refractivity contribution in [3.63, 3.8) is 0 Å². The molecule has 6 rings (SSSR count). The molecule has 0 heterocycles. The number of hydrogen-bond acceptors (Lipinski definition) is 0. The summed E-state index contributed by atoms with van der Waals surface area (Å²) < 4.78 is 0. The number of rotatable bonds is 12. The van der Waals surface area contributed by atoms with Gasteiger partial charge in [-0.25, -0.2) is 0 Å². The minimum atomic E-state index is 1.14. The summed E-state index contributed by atoms with van der Waals surface area (Å²) in [6.07, 6.45) is 13.8. The largest absolute Gasteiger partial charge is 0.0617 e. The third-order valence-electron chi connectivity index (χ3n) is 12.6. The van der Waals surface area contributed by atoms with Gasteiger partial charge in [0.25, 0.3) is 0 Å². The van der Waals surface area contributed by atoms with Gasteiger partial charge in [0.2, 0.25) is 0 Å². The van der Waals surface area contributed by atoms with E-state index in [1.54, 1.807) is 0 Å². The van der Waals surface area contributed by atoms with Gasteiger partial charge in [0.15, 0.2) is 0 Å². The van der Waals surface area contributed by atoms with Gasteiger partial charge in [-0.05, 0) is 195 Å². The molecular weight excluding hydrogens is 781 g/mol. The molecule has 6 aromatic rings. The Bertz CT molecular complexity index is 2150. The van der Waals surface area contributed by atoms with Crippen molar-refractivity contribution in [1.29, 1.82) is 0 Å². The molecule has 0 radical (unpaired) electrons. The summed E-state index contributed by atoms with van der Waals surface area (Å²) in [5.41, 5.74) is 24.8. The Morgan fingerprint density at radius 1 is 0.231 bits per heavy atom. The zero-order valence-electron chi connectivity index (χ0n) is 45.0. The van der Waals surface area contributed by atoms with Crippen LogP contribution < -0.4 is 0 Å². The zero-order chi connectivity index (χ0) is 48.7. The second-order valence-electron chi connectivity index (χ2n) is 17.4. The van der Waals surface area contributed by atoms with Crippen molar-refractivity contribution in [3.05, 3.63) is 210 Å². The van der Waals surface area contributed by atoms with Crippen molar-refractivity contribution < 1.29 is 0 Å². The van der Waals surface area contributed by atoms with Crippen molar-refractivity contribution in [2.45, 2.75) is 195 Å². The van der Waals surface area contributed by atoms with Gasteiger partial charge in [-0.3, -0.25) is 0 Å². The van der Waals surface area contributed by atoms with E-state index in [0.29, 0.717) is 0 Å². The molecule has 0 saturated heterocycles. The Kier molecular flexibility index (Phi) is 30.3. The fraction of sp³-hybridized carbons (Fsp3) is 0.446. The summed E-state index contributed by atoms with van der Waals surface area (Å²) in [4.78, 5) is 0. The predicted octanol–water partition coefficient (Wildman–Crippen LogP) is 18.4. The van der Waals surface area contributed by atoms with E-state index in [0.717, 1.165) is 77.0 Å². The van der Waals surface area contributed by atoms with Crippen LogP contribution in [0.3, 0.4) is 0 Å². The molecule has 354 valence electrons. The van der Waals surface area contributed by atoms with Crippen LogP contribution >= 0.6 is 0 Å². The zero-order valence-corrected chi connectivity index (χ0v) is 45.0. The molecule has 6 aromatic carbocycles. The molecule has 0 bridgehead atoms. The third kappa shape index (κ3) is 21.9. The Morgan fingerprint density at radius 2 is 0.677 bits per heavy atom. The van der Waals surface area contributed by atoms with E-state index >= 15 is 0 Å². The Labute approximate surface area is 402 Å². The molecule has 0 aliphatic carbocycles. The van der Waals surface area contributed by atoms with Crippen LogP contribution in [0.1, 0.15) is 178 Å². The highest BCUT2D eigenvalue weighted by atomic mass is 14.1. The van der Waals surface area contributed by atoms with Crippen LogP contribution in [0.25, 0.3) is 0 Å². The minimum absolute atomic E-state index is 1.14. The lowest BCUT2D eigenvalue weighted by Gasteiger charge is -2.07. The molecule has 0 aliphatic heterocycles. The molecule has 0 atom stereocenters. The molecule has 0 nitrogen and oxygen atoms in total. The van der Waals surface area contributed by atoms with E-state index < -0.39 is 0 Å². The maximum Gasteiger partial charge on any atom is -0.0302 e. The average molecular weight is 875 g/mol. The first kappa shape index (κ1) is 58.3. The van der Waals surface area contributed by atoms with Gasteiger partial charge >= 0.3 is 0 Å². The summed E-state index contributed by atoms with van der Waals surface area (Å²) in [6, 6.07) is 42.4. The highest BCUT2D eigenvalue weighted by Gasteiger charge is 2.01. The molecule has 65 heavy (non-hydrogen) atoms. The molecule has 0 unspecified atom stereocenters. The molecule has 0 fully saturated rings. The van der Waals surface area contributed by atoms with E-state index in [9.17, 15) is 0 Å². The number of hydrogen-bond donors (Lipinski definition) is 0. The van der Waals surface area contributed by atoms with Gasteiger partial charge in [0, 0.05) is 0 Å². The van der Waals surface area contributed by atoms with Crippen LogP contribution in [0, 0.1) is 34.6 Å². The van der Waals surface area contributed by atoms with Crippen molar-refractivity contribution in [2.24, 2.45) is 0 Å². The first-order chi connectivity index (χ1) is 31.2. The van der Waals surface area contributed by atoms with Crippen LogP contribution in [0.4, 0.5) is 0 Å². The van der Waals surface area contributed by atoms with E-state index in [1.807, 2.05) is 0 Å². The number of aryl methyl sites for hydroxylation is 16. The lowest BCUT2D eigenvalue weighted by atomic mass is 9.98. The second-order valence-corrected chi connectivity index (χ2v) is 17.4. The summed E-state index contributed by atoms with van der Waals surface area (Å²) in [5, 5.41) is 0. The Balaban J connectivity index is 0.000000390. The van der Waals surface area contributed by atoms with Crippen LogP contribution in [0.2, 0.25) is 0 Å². The van der Waals surface area contributed by atoms with Crippen LogP contribution in [-0.4, -0.2) is 0 Å². The maximum atomic E-state index is 2.31. The summed E-state index contributed by atoms with van der Waals surface area (Å²) in [5.74, 6) is 0. The van der Waals surface area contributed by atoms with Crippen LogP contribution in [0.15, 0.2) is 115 Å². The molecule has 0 aliphatic rings. The first-order valence-electron chi connectivity index (χ1n) is 25.7. The molecule has 0 N–H and O–H groups in total. The molecule has 0 spiro atoms. The van der Waals surface area contributed by atoms with Gasteiger partial charge < -0.3 is 0 Å². The van der Waals surface area contributed by atoms with Crippen molar-refractivity contribution in [3.8, 4) is 0 Å². The minimum Gasteiger partial charge on any atom is -0.0617 e. The van der Waals surface area contributed by atoms with E-state index in [4.69, 9.17) is 0 Å². The molecular formula is C65H94. The topological polar surface area (TPSA) is 0 Å². The van der Waals surface area contributed by atoms with Gasteiger partial charge in [0.05, 0.1) is 0 Å². The standard InChI is InChI=1S/5C11H16.C10H14/c1-4-10-6-9(3)7-11(5-2)8-10;1-4-10-6-7-11(5-2)9(3)8-10;1-4-10-7-6-9(3)11(5-2)8-10;1-4-10-7-6-9(3)8-11(10)5-2;1-4-10-8-6-7-9(3)11(10)5-2;1-3-9-6-5-7-10(4-2)8-9/h5*6-8H,4-5H2,1-3H3;5-8H,3-4H2,1-2H3. The van der Waals surface area contributed by atoms with E-state index in [-0.39, 0.29) is 0 Å². The van der Waals surface area contributed by atoms with Crippen molar-refractivity contribution in [1.82, 2.24) is 0 Å². The molecule has 0 amide bonds. The van der Waals surface area contributed by atoms with Gasteiger partial charge in [-0.2, -0.15) is 0 Å². The first-order valence-corrected chi connectivity index (χ1v) is 25.7. The van der Waals surface area contributed by atoms with Gasteiger partial charge in [-0.15, -0.1) is 0 Å². The second kappa shape index (κ2) is 33.7. The quantitative estimate of drug-likeness (QED) is 0.115. The van der Waals surface area contributed by atoms with Crippen molar-refractivity contribution in [2.75, 3.05) is 0 Å². The lowest BCUT2D eigenvalue weighted by molar-refractivity contribution is 1.02.